The molecule has 3 aromatic rings. The molecular weight excluding hydrogens is 522 g/mol. The normalized spacial score (nSPS) is 23.9. The summed E-state index contributed by atoms with van der Waals surface area (Å²) in [5, 5.41) is 18.6. The van der Waals surface area contributed by atoms with Gasteiger partial charge in [0.05, 0.1) is 24.7 Å². The first-order chi connectivity index (χ1) is 20.1. The molecule has 1 saturated carbocycles. The van der Waals surface area contributed by atoms with Crippen molar-refractivity contribution in [2.45, 2.75) is 49.8 Å². The van der Waals surface area contributed by atoms with Crippen molar-refractivity contribution in [2.24, 2.45) is 0 Å². The van der Waals surface area contributed by atoms with Crippen LogP contribution < -0.4 is 20.1 Å². The Hall–Kier alpha value is -3.60. The minimum Gasteiger partial charge on any atom is -0.454 e. The quantitative estimate of drug-likeness (QED) is 0.363. The summed E-state index contributed by atoms with van der Waals surface area (Å²) in [6, 6.07) is 15.5. The SMILES string of the molecule is COC[C@]1(O)CCCC[C@H]1n1cnc(C(=O)N2CCNC[C@H]2CCNc2ccc3c(c2)OCO3)c1-c1ccccc1. The van der Waals surface area contributed by atoms with Crippen LogP contribution in [0.25, 0.3) is 11.3 Å². The molecule has 10 nitrogen and oxygen atoms in total. The Labute approximate surface area is 240 Å². The number of benzene rings is 2. The van der Waals surface area contributed by atoms with E-state index in [-0.39, 0.29) is 31.4 Å². The Morgan fingerprint density at radius 2 is 2.05 bits per heavy atom. The van der Waals surface area contributed by atoms with Crippen LogP contribution >= 0.6 is 0 Å². The Morgan fingerprint density at radius 3 is 2.90 bits per heavy atom. The average molecular weight is 562 g/mol. The van der Waals surface area contributed by atoms with Crippen molar-refractivity contribution in [1.29, 1.82) is 0 Å². The molecule has 1 saturated heterocycles. The third-order valence-electron chi connectivity index (χ3n) is 8.52. The van der Waals surface area contributed by atoms with E-state index in [9.17, 15) is 9.90 Å². The number of piperazine rings is 1. The standard InChI is InChI=1S/C31H39N5O5/c1-39-19-31(38)13-6-5-9-27(31)36-20-34-28(29(36)22-7-3-2-4-8-22)30(37)35-16-15-32-18-24(35)12-14-33-23-10-11-25-26(17-23)41-21-40-25/h2-4,7-8,10-11,17,20,24,27,32-33,38H,5-6,9,12-16,18-19,21H2,1H3/t24-,27-,31-/m1/s1. The van der Waals surface area contributed by atoms with Crippen LogP contribution in [0.4, 0.5) is 5.69 Å². The van der Waals surface area contributed by atoms with Gasteiger partial charge in [0, 0.05) is 56.6 Å². The van der Waals surface area contributed by atoms with Gasteiger partial charge in [0.25, 0.3) is 5.91 Å². The zero-order valence-corrected chi connectivity index (χ0v) is 23.6. The van der Waals surface area contributed by atoms with E-state index >= 15 is 0 Å². The zero-order valence-electron chi connectivity index (χ0n) is 23.6. The summed E-state index contributed by atoms with van der Waals surface area (Å²) < 4.78 is 18.4. The lowest BCUT2D eigenvalue weighted by Crippen LogP contribution is -2.54. The van der Waals surface area contributed by atoms with E-state index in [0.717, 1.165) is 60.7 Å². The second kappa shape index (κ2) is 12.1. The van der Waals surface area contributed by atoms with Gasteiger partial charge in [-0.3, -0.25) is 4.79 Å². The molecule has 0 spiro atoms. The number of amides is 1. The molecular formula is C31H39N5O5. The van der Waals surface area contributed by atoms with E-state index in [1.54, 1.807) is 13.4 Å². The van der Waals surface area contributed by atoms with Crippen LogP contribution in [0.15, 0.2) is 54.9 Å². The Kier molecular flexibility index (Phi) is 8.13. The van der Waals surface area contributed by atoms with Gasteiger partial charge in [0.15, 0.2) is 17.2 Å². The molecule has 0 radical (unpaired) electrons. The highest BCUT2D eigenvalue weighted by atomic mass is 16.7. The smallest absolute Gasteiger partial charge is 0.275 e. The van der Waals surface area contributed by atoms with E-state index in [1.165, 1.54) is 0 Å². The molecule has 2 fully saturated rings. The predicted molar refractivity (Wildman–Crippen MR) is 155 cm³/mol. The lowest BCUT2D eigenvalue weighted by atomic mass is 9.80. The van der Waals surface area contributed by atoms with Crippen molar-refractivity contribution in [1.82, 2.24) is 19.8 Å². The first-order valence-electron chi connectivity index (χ1n) is 14.6. The van der Waals surface area contributed by atoms with Gasteiger partial charge in [0.1, 0.15) is 5.60 Å². The molecule has 3 aliphatic rings. The summed E-state index contributed by atoms with van der Waals surface area (Å²) in [5.41, 5.74) is 2.03. The topological polar surface area (TPSA) is 110 Å². The highest BCUT2D eigenvalue weighted by Gasteiger charge is 2.42. The number of ether oxygens (including phenoxy) is 3. The number of aliphatic hydroxyl groups is 1. The molecule has 218 valence electrons. The van der Waals surface area contributed by atoms with Crippen LogP contribution in [-0.4, -0.2) is 83.8 Å². The number of anilines is 1. The molecule has 10 heteroatoms. The van der Waals surface area contributed by atoms with Gasteiger partial charge >= 0.3 is 0 Å². The van der Waals surface area contributed by atoms with Gasteiger partial charge in [-0.15, -0.1) is 0 Å². The second-order valence-electron chi connectivity index (χ2n) is 11.2. The zero-order chi connectivity index (χ0) is 28.2. The molecule has 3 heterocycles. The van der Waals surface area contributed by atoms with Crippen molar-refractivity contribution in [3.63, 3.8) is 0 Å². The number of hydrogen-bond donors (Lipinski definition) is 3. The van der Waals surface area contributed by atoms with Gasteiger partial charge < -0.3 is 39.4 Å². The number of hydrogen-bond acceptors (Lipinski definition) is 8. The molecule has 2 aliphatic heterocycles. The summed E-state index contributed by atoms with van der Waals surface area (Å²) in [6.07, 6.45) is 5.90. The lowest BCUT2D eigenvalue weighted by molar-refractivity contribution is -0.0893. The van der Waals surface area contributed by atoms with E-state index in [4.69, 9.17) is 19.2 Å². The molecule has 1 amide bonds. The fraction of sp³-hybridized carbons (Fsp3) is 0.484. The predicted octanol–water partition coefficient (Wildman–Crippen LogP) is 3.69. The van der Waals surface area contributed by atoms with Crippen LogP contribution in [0, 0.1) is 0 Å². The Balaban J connectivity index is 1.24. The average Bonchev–Trinajstić information content (AvgIpc) is 3.65. The number of nitrogens with zero attached hydrogens (tertiary/aromatic N) is 3. The molecule has 1 aliphatic carbocycles. The lowest BCUT2D eigenvalue weighted by Gasteiger charge is -2.41. The van der Waals surface area contributed by atoms with E-state index in [0.29, 0.717) is 31.7 Å². The number of nitrogens with one attached hydrogen (secondary N) is 2. The van der Waals surface area contributed by atoms with Gasteiger partial charge in [-0.05, 0) is 31.4 Å². The maximum absolute atomic E-state index is 14.2. The first-order valence-corrected chi connectivity index (χ1v) is 14.6. The molecule has 3 N–H and O–H groups in total. The molecule has 6 rings (SSSR count). The largest absolute Gasteiger partial charge is 0.454 e. The number of imidazole rings is 1. The summed E-state index contributed by atoms with van der Waals surface area (Å²) >= 11 is 0. The van der Waals surface area contributed by atoms with Crippen molar-refractivity contribution in [2.75, 3.05) is 52.0 Å². The van der Waals surface area contributed by atoms with Gasteiger partial charge in [-0.2, -0.15) is 0 Å². The number of carbonyl (C=O) groups is 1. The van der Waals surface area contributed by atoms with Gasteiger partial charge in [0.2, 0.25) is 6.79 Å². The monoisotopic (exact) mass is 561 g/mol. The number of carbonyl (C=O) groups excluding carboxylic acids is 1. The van der Waals surface area contributed by atoms with Crippen LogP contribution in [0.1, 0.15) is 48.6 Å². The van der Waals surface area contributed by atoms with Gasteiger partial charge in [-0.25, -0.2) is 4.98 Å². The highest BCUT2D eigenvalue weighted by molar-refractivity contribution is 5.98. The van der Waals surface area contributed by atoms with Crippen molar-refractivity contribution in [3.05, 3.63) is 60.6 Å². The van der Waals surface area contributed by atoms with E-state index in [2.05, 4.69) is 10.6 Å². The van der Waals surface area contributed by atoms with Crippen LogP contribution in [0.2, 0.25) is 0 Å². The number of methoxy groups -OCH3 is 1. The fourth-order valence-electron chi connectivity index (χ4n) is 6.47. The van der Waals surface area contributed by atoms with E-state index in [1.807, 2.05) is 58.0 Å². The summed E-state index contributed by atoms with van der Waals surface area (Å²) in [4.78, 5) is 20.9. The number of aromatic nitrogens is 2. The first kappa shape index (κ1) is 27.6. The minimum absolute atomic E-state index is 0.00615. The van der Waals surface area contributed by atoms with Crippen molar-refractivity contribution >= 4 is 11.6 Å². The second-order valence-corrected chi connectivity index (χ2v) is 11.2. The highest BCUT2D eigenvalue weighted by Crippen LogP contribution is 2.41. The molecule has 3 atom stereocenters. The van der Waals surface area contributed by atoms with Crippen LogP contribution in [0.5, 0.6) is 11.5 Å². The molecule has 0 bridgehead atoms. The van der Waals surface area contributed by atoms with Crippen molar-refractivity contribution in [3.8, 4) is 22.8 Å². The Morgan fingerprint density at radius 1 is 1.20 bits per heavy atom. The van der Waals surface area contributed by atoms with Crippen LogP contribution in [-0.2, 0) is 4.74 Å². The van der Waals surface area contributed by atoms with Gasteiger partial charge in [-0.1, -0.05) is 43.2 Å². The van der Waals surface area contributed by atoms with Crippen molar-refractivity contribution < 1.29 is 24.1 Å². The maximum atomic E-state index is 14.2. The third kappa shape index (κ3) is 5.64. The number of fused-ring (bicyclic) bond motifs is 1. The summed E-state index contributed by atoms with van der Waals surface area (Å²) in [5.74, 6) is 1.42. The van der Waals surface area contributed by atoms with E-state index < -0.39 is 5.60 Å². The fourth-order valence-corrected chi connectivity index (χ4v) is 6.47. The molecule has 41 heavy (non-hydrogen) atoms. The third-order valence-corrected chi connectivity index (χ3v) is 8.52. The molecule has 0 unspecified atom stereocenters. The molecule has 1 aromatic heterocycles. The maximum Gasteiger partial charge on any atom is 0.275 e. The minimum atomic E-state index is -1.02. The summed E-state index contributed by atoms with van der Waals surface area (Å²) in [7, 11) is 1.62. The number of rotatable bonds is 9. The Bertz CT molecular complexity index is 1340. The molecule has 2 aromatic carbocycles. The summed E-state index contributed by atoms with van der Waals surface area (Å²) in [6.45, 7) is 3.23. The van der Waals surface area contributed by atoms with Crippen LogP contribution in [0.3, 0.4) is 0 Å².